The van der Waals surface area contributed by atoms with Crippen molar-refractivity contribution in [3.8, 4) is 22.4 Å². The molecule has 0 unspecified atom stereocenters. The normalized spacial score (nSPS) is 10.9. The van der Waals surface area contributed by atoms with E-state index in [0.717, 1.165) is 50.3 Å². The zero-order valence-corrected chi connectivity index (χ0v) is 15.0. The number of benzene rings is 1. The molecule has 0 aliphatic carbocycles. The summed E-state index contributed by atoms with van der Waals surface area (Å²) >= 11 is 1.14. The monoisotopic (exact) mass is 373 g/mol. The Labute approximate surface area is 159 Å². The van der Waals surface area contributed by atoms with E-state index in [1.54, 1.807) is 36.8 Å². The quantitative estimate of drug-likeness (QED) is 0.531. The van der Waals surface area contributed by atoms with E-state index in [1.165, 1.54) is 0 Å². The summed E-state index contributed by atoms with van der Waals surface area (Å²) in [6.07, 6.45) is 5.18. The van der Waals surface area contributed by atoms with E-state index in [-0.39, 0.29) is 0 Å². The molecule has 4 N–H and O–H groups in total. The van der Waals surface area contributed by atoms with Crippen LogP contribution in [-0.4, -0.2) is 20.9 Å². The van der Waals surface area contributed by atoms with Crippen molar-refractivity contribution in [2.45, 2.75) is 4.90 Å². The Morgan fingerprint density at radius 2 is 1.89 bits per heavy atom. The molecule has 0 bridgehead atoms. The predicted octanol–water partition coefficient (Wildman–Crippen LogP) is 3.42. The first-order valence-electron chi connectivity index (χ1n) is 8.14. The summed E-state index contributed by atoms with van der Waals surface area (Å²) in [4.78, 5) is 25.8. The van der Waals surface area contributed by atoms with Gasteiger partial charge in [0.1, 0.15) is 0 Å². The highest BCUT2D eigenvalue weighted by atomic mass is 32.2. The molecule has 4 aromatic rings. The summed E-state index contributed by atoms with van der Waals surface area (Å²) < 4.78 is 0. The zero-order valence-electron chi connectivity index (χ0n) is 14.2. The Morgan fingerprint density at radius 3 is 2.70 bits per heavy atom. The maximum Gasteiger partial charge on any atom is 0.248 e. The Balaban J connectivity index is 1.89. The van der Waals surface area contributed by atoms with Gasteiger partial charge >= 0.3 is 0 Å². The van der Waals surface area contributed by atoms with Gasteiger partial charge < -0.3 is 5.73 Å². The Kier molecular flexibility index (Phi) is 4.53. The molecule has 1 aromatic carbocycles. The standard InChI is InChI=1S/C20H15N5OS/c21-20(26)13-3-1-2-12(8-13)16-6-7-24-18-5-4-17(25-19(16)18)14-9-15(27-22)11-23-10-14/h1-11H,22H2,(H2,21,26). The van der Waals surface area contributed by atoms with E-state index in [4.69, 9.17) is 15.9 Å². The smallest absolute Gasteiger partial charge is 0.248 e. The largest absolute Gasteiger partial charge is 0.366 e. The first-order chi connectivity index (χ1) is 13.2. The van der Waals surface area contributed by atoms with E-state index in [1.807, 2.05) is 30.3 Å². The highest BCUT2D eigenvalue weighted by Crippen LogP contribution is 2.29. The van der Waals surface area contributed by atoms with Crippen molar-refractivity contribution in [2.75, 3.05) is 0 Å². The Hall–Kier alpha value is -3.29. The van der Waals surface area contributed by atoms with Crippen molar-refractivity contribution >= 4 is 28.9 Å². The molecule has 0 saturated carbocycles. The van der Waals surface area contributed by atoms with Crippen LogP contribution in [0.4, 0.5) is 0 Å². The summed E-state index contributed by atoms with van der Waals surface area (Å²) in [5.41, 5.74) is 10.7. The molecule has 6 nitrogen and oxygen atoms in total. The molecule has 4 rings (SSSR count). The summed E-state index contributed by atoms with van der Waals surface area (Å²) in [5.74, 6) is -0.467. The van der Waals surface area contributed by atoms with E-state index < -0.39 is 5.91 Å². The number of hydrogen-bond donors (Lipinski definition) is 2. The first kappa shape index (κ1) is 17.1. The van der Waals surface area contributed by atoms with Gasteiger partial charge in [-0.05, 0) is 53.9 Å². The van der Waals surface area contributed by atoms with Crippen LogP contribution in [0.3, 0.4) is 0 Å². The molecule has 3 aromatic heterocycles. The lowest BCUT2D eigenvalue weighted by Crippen LogP contribution is -2.10. The number of nitrogens with zero attached hydrogens (tertiary/aromatic N) is 3. The van der Waals surface area contributed by atoms with Crippen molar-refractivity contribution in [1.82, 2.24) is 15.0 Å². The van der Waals surface area contributed by atoms with E-state index in [2.05, 4.69) is 9.97 Å². The molecule has 0 radical (unpaired) electrons. The molecule has 0 saturated heterocycles. The minimum atomic E-state index is -0.467. The van der Waals surface area contributed by atoms with Gasteiger partial charge in [0.05, 0.1) is 16.7 Å². The van der Waals surface area contributed by atoms with E-state index in [9.17, 15) is 4.79 Å². The SMILES string of the molecule is NSc1cncc(-c2ccc3nccc(-c4cccc(C(N)=O)c4)c3n2)c1. The topological polar surface area (TPSA) is 108 Å². The molecule has 1 amide bonds. The zero-order chi connectivity index (χ0) is 18.8. The fourth-order valence-electron chi connectivity index (χ4n) is 2.88. The van der Waals surface area contributed by atoms with Crippen molar-refractivity contribution in [3.63, 3.8) is 0 Å². The van der Waals surface area contributed by atoms with Gasteiger partial charge in [-0.3, -0.25) is 19.9 Å². The molecule has 0 atom stereocenters. The number of carbonyl (C=O) groups is 1. The maximum absolute atomic E-state index is 11.5. The van der Waals surface area contributed by atoms with Crippen LogP contribution < -0.4 is 10.9 Å². The van der Waals surface area contributed by atoms with Crippen LogP contribution in [0.5, 0.6) is 0 Å². The number of primary amides is 1. The molecule has 27 heavy (non-hydrogen) atoms. The number of nitrogens with two attached hydrogens (primary N) is 2. The molecule has 3 heterocycles. The third kappa shape index (κ3) is 3.38. The minimum Gasteiger partial charge on any atom is -0.366 e. The van der Waals surface area contributed by atoms with Crippen molar-refractivity contribution in [1.29, 1.82) is 0 Å². The van der Waals surface area contributed by atoms with Gasteiger partial charge in [0, 0.05) is 40.2 Å². The third-order valence-electron chi connectivity index (χ3n) is 4.19. The summed E-state index contributed by atoms with van der Waals surface area (Å²) in [7, 11) is 0. The Morgan fingerprint density at radius 1 is 1.00 bits per heavy atom. The molecule has 0 spiro atoms. The lowest BCUT2D eigenvalue weighted by molar-refractivity contribution is 0.100. The number of carbonyl (C=O) groups excluding carboxylic acids is 1. The molecule has 0 aliphatic heterocycles. The van der Waals surface area contributed by atoms with Crippen molar-refractivity contribution < 1.29 is 4.79 Å². The van der Waals surface area contributed by atoms with Crippen LogP contribution in [0.1, 0.15) is 10.4 Å². The highest BCUT2D eigenvalue weighted by molar-refractivity contribution is 7.97. The first-order valence-corrected chi connectivity index (χ1v) is 9.02. The summed E-state index contributed by atoms with van der Waals surface area (Å²) in [6, 6.07) is 14.8. The second-order valence-corrected chi connectivity index (χ2v) is 6.60. The second kappa shape index (κ2) is 7.14. The molecule has 7 heteroatoms. The molecular weight excluding hydrogens is 358 g/mol. The number of amides is 1. The van der Waals surface area contributed by atoms with Crippen molar-refractivity contribution in [3.05, 3.63) is 72.7 Å². The van der Waals surface area contributed by atoms with Crippen LogP contribution >= 0.6 is 11.9 Å². The van der Waals surface area contributed by atoms with Gasteiger partial charge in [0.2, 0.25) is 5.91 Å². The number of pyridine rings is 3. The van der Waals surface area contributed by atoms with Gasteiger partial charge in [-0.15, -0.1) is 0 Å². The lowest BCUT2D eigenvalue weighted by Gasteiger charge is -2.09. The number of hydrogen-bond acceptors (Lipinski definition) is 6. The van der Waals surface area contributed by atoms with Crippen LogP contribution in [0.25, 0.3) is 33.4 Å². The maximum atomic E-state index is 11.5. The fraction of sp³-hybridized carbons (Fsp3) is 0. The predicted molar refractivity (Wildman–Crippen MR) is 107 cm³/mol. The van der Waals surface area contributed by atoms with Gasteiger partial charge in [-0.2, -0.15) is 0 Å². The summed E-state index contributed by atoms with van der Waals surface area (Å²) in [6.45, 7) is 0. The molecular formula is C20H15N5OS. The van der Waals surface area contributed by atoms with E-state index >= 15 is 0 Å². The number of fused-ring (bicyclic) bond motifs is 1. The number of rotatable bonds is 4. The second-order valence-electron chi connectivity index (χ2n) is 5.89. The lowest BCUT2D eigenvalue weighted by atomic mass is 10.0. The van der Waals surface area contributed by atoms with Crippen LogP contribution in [0.15, 0.2) is 72.0 Å². The van der Waals surface area contributed by atoms with Crippen molar-refractivity contribution in [2.24, 2.45) is 10.9 Å². The third-order valence-corrected chi connectivity index (χ3v) is 4.68. The van der Waals surface area contributed by atoms with Crippen LogP contribution in [0.2, 0.25) is 0 Å². The summed E-state index contributed by atoms with van der Waals surface area (Å²) in [5, 5.41) is 5.63. The minimum absolute atomic E-state index is 0.450. The highest BCUT2D eigenvalue weighted by Gasteiger charge is 2.11. The average molecular weight is 373 g/mol. The van der Waals surface area contributed by atoms with Crippen LogP contribution in [0, 0.1) is 0 Å². The Bertz CT molecular complexity index is 1160. The van der Waals surface area contributed by atoms with Crippen LogP contribution in [-0.2, 0) is 0 Å². The van der Waals surface area contributed by atoms with Gasteiger partial charge in [0.15, 0.2) is 0 Å². The van der Waals surface area contributed by atoms with Gasteiger partial charge in [-0.1, -0.05) is 12.1 Å². The van der Waals surface area contributed by atoms with E-state index in [0.29, 0.717) is 5.56 Å². The van der Waals surface area contributed by atoms with Gasteiger partial charge in [0.25, 0.3) is 0 Å². The fourth-order valence-corrected chi connectivity index (χ4v) is 3.20. The number of aromatic nitrogens is 3. The average Bonchev–Trinajstić information content (AvgIpc) is 2.73. The molecule has 132 valence electrons. The molecule has 0 aliphatic rings. The molecule has 0 fully saturated rings. The van der Waals surface area contributed by atoms with Gasteiger partial charge in [-0.25, -0.2) is 4.98 Å².